The Kier molecular flexibility index (Phi) is 6.12. The summed E-state index contributed by atoms with van der Waals surface area (Å²) in [6.07, 6.45) is -0.589. The van der Waals surface area contributed by atoms with Gasteiger partial charge in [0.25, 0.3) is 5.91 Å². The van der Waals surface area contributed by atoms with Crippen molar-refractivity contribution in [2.45, 2.75) is 53.7 Å². The highest BCUT2D eigenvalue weighted by Crippen LogP contribution is 2.26. The van der Waals surface area contributed by atoms with Crippen LogP contribution in [0.5, 0.6) is 5.75 Å². The van der Waals surface area contributed by atoms with Crippen LogP contribution in [0.3, 0.4) is 0 Å². The molecule has 1 N–H and O–H groups in total. The first-order chi connectivity index (χ1) is 11.7. The van der Waals surface area contributed by atoms with Crippen LogP contribution < -0.4 is 10.1 Å². The minimum atomic E-state index is -0.589. The Labute approximate surface area is 155 Å². The topological polar surface area (TPSA) is 38.3 Å². The second-order valence-electron chi connectivity index (χ2n) is 6.71. The fourth-order valence-corrected chi connectivity index (χ4v) is 2.79. The second-order valence-corrected chi connectivity index (χ2v) is 7.08. The van der Waals surface area contributed by atoms with Gasteiger partial charge < -0.3 is 10.1 Å². The van der Waals surface area contributed by atoms with Crippen molar-refractivity contribution >= 4 is 17.5 Å². The summed E-state index contributed by atoms with van der Waals surface area (Å²) in [6.45, 7) is 11.7. The number of nitrogens with one attached hydrogen (secondary N) is 1. The van der Waals surface area contributed by atoms with Gasteiger partial charge in [0, 0.05) is 5.02 Å². The van der Waals surface area contributed by atoms with Crippen molar-refractivity contribution in [2.75, 3.05) is 0 Å². The van der Waals surface area contributed by atoms with E-state index in [1.165, 1.54) is 11.1 Å². The summed E-state index contributed by atoms with van der Waals surface area (Å²) >= 11 is 6.17. The lowest BCUT2D eigenvalue weighted by atomic mass is 10.0. The highest BCUT2D eigenvalue weighted by Gasteiger charge is 2.18. The highest BCUT2D eigenvalue weighted by atomic mass is 35.5. The van der Waals surface area contributed by atoms with Gasteiger partial charge in [-0.25, -0.2) is 0 Å². The SMILES string of the molecule is Cc1ccc([C@H](C)NC(=O)[C@@H](C)Oc2cc(C)c(Cl)c(C)c2)cc1C. The number of benzene rings is 2. The van der Waals surface area contributed by atoms with E-state index in [9.17, 15) is 4.79 Å². The molecular weight excluding hydrogens is 334 g/mol. The molecule has 2 aromatic rings. The zero-order valence-electron chi connectivity index (χ0n) is 15.7. The van der Waals surface area contributed by atoms with E-state index in [1.54, 1.807) is 6.92 Å². The molecule has 2 atom stereocenters. The Morgan fingerprint density at radius 2 is 1.56 bits per heavy atom. The van der Waals surface area contributed by atoms with E-state index in [0.29, 0.717) is 5.75 Å². The Balaban J connectivity index is 2.03. The summed E-state index contributed by atoms with van der Waals surface area (Å²) < 4.78 is 5.80. The van der Waals surface area contributed by atoms with E-state index in [-0.39, 0.29) is 11.9 Å². The average Bonchev–Trinajstić information content (AvgIpc) is 2.54. The molecule has 0 aliphatic carbocycles. The third-order valence-electron chi connectivity index (χ3n) is 4.48. The van der Waals surface area contributed by atoms with E-state index in [4.69, 9.17) is 16.3 Å². The van der Waals surface area contributed by atoms with Gasteiger partial charge in [-0.3, -0.25) is 4.79 Å². The maximum absolute atomic E-state index is 12.5. The van der Waals surface area contributed by atoms with Crippen molar-refractivity contribution in [3.63, 3.8) is 0 Å². The van der Waals surface area contributed by atoms with Crippen LogP contribution in [0.1, 0.15) is 47.7 Å². The van der Waals surface area contributed by atoms with Crippen molar-refractivity contribution in [3.05, 3.63) is 63.2 Å². The van der Waals surface area contributed by atoms with Crippen molar-refractivity contribution in [1.82, 2.24) is 5.32 Å². The molecule has 0 saturated heterocycles. The predicted molar refractivity (Wildman–Crippen MR) is 103 cm³/mol. The number of carbonyl (C=O) groups is 1. The van der Waals surface area contributed by atoms with Gasteiger partial charge in [-0.2, -0.15) is 0 Å². The van der Waals surface area contributed by atoms with Crippen LogP contribution >= 0.6 is 11.6 Å². The van der Waals surface area contributed by atoms with Crippen LogP contribution in [0.2, 0.25) is 5.02 Å². The summed E-state index contributed by atoms with van der Waals surface area (Å²) in [6, 6.07) is 9.86. The van der Waals surface area contributed by atoms with Gasteiger partial charge in [-0.05, 0) is 81.5 Å². The zero-order valence-corrected chi connectivity index (χ0v) is 16.5. The fourth-order valence-electron chi connectivity index (χ4n) is 2.68. The largest absolute Gasteiger partial charge is 0.481 e. The third-order valence-corrected chi connectivity index (χ3v) is 5.08. The molecule has 134 valence electrons. The van der Waals surface area contributed by atoms with Gasteiger partial charge in [-0.15, -0.1) is 0 Å². The Morgan fingerprint density at radius 1 is 0.960 bits per heavy atom. The molecule has 0 fully saturated rings. The van der Waals surface area contributed by atoms with Gasteiger partial charge in [-0.1, -0.05) is 29.8 Å². The van der Waals surface area contributed by atoms with E-state index < -0.39 is 6.10 Å². The van der Waals surface area contributed by atoms with Crippen LogP contribution in [0.15, 0.2) is 30.3 Å². The smallest absolute Gasteiger partial charge is 0.261 e. The molecule has 1 amide bonds. The number of hydrogen-bond acceptors (Lipinski definition) is 2. The van der Waals surface area contributed by atoms with E-state index >= 15 is 0 Å². The molecule has 2 aromatic carbocycles. The second kappa shape index (κ2) is 7.92. The first-order valence-corrected chi connectivity index (χ1v) is 8.87. The van der Waals surface area contributed by atoms with Gasteiger partial charge in [0.1, 0.15) is 5.75 Å². The summed E-state index contributed by atoms with van der Waals surface area (Å²) in [7, 11) is 0. The number of halogens is 1. The molecule has 0 bridgehead atoms. The predicted octanol–water partition coefficient (Wildman–Crippen LogP) is 5.22. The molecule has 0 unspecified atom stereocenters. The molecule has 2 rings (SSSR count). The Bertz CT molecular complexity index is 762. The minimum Gasteiger partial charge on any atom is -0.481 e. The van der Waals surface area contributed by atoms with E-state index in [0.717, 1.165) is 21.7 Å². The molecule has 0 spiro atoms. The number of amides is 1. The molecule has 0 aliphatic heterocycles. The summed E-state index contributed by atoms with van der Waals surface area (Å²) in [5, 5.41) is 3.74. The number of hydrogen-bond donors (Lipinski definition) is 1. The quantitative estimate of drug-likeness (QED) is 0.794. The standard InChI is InChI=1S/C21H26ClNO2/c1-12-7-8-18(9-13(12)2)16(5)23-21(24)17(6)25-19-10-14(3)20(22)15(4)11-19/h7-11,16-17H,1-6H3,(H,23,24)/t16-,17+/m0/s1. The lowest BCUT2D eigenvalue weighted by Crippen LogP contribution is -2.37. The molecule has 0 aliphatic rings. The summed E-state index contributed by atoms with van der Waals surface area (Å²) in [5.74, 6) is 0.511. The number of ether oxygens (including phenoxy) is 1. The summed E-state index contributed by atoms with van der Waals surface area (Å²) in [4.78, 5) is 12.5. The molecular formula is C21H26ClNO2. The maximum atomic E-state index is 12.5. The number of carbonyl (C=O) groups excluding carboxylic acids is 1. The van der Waals surface area contributed by atoms with Crippen molar-refractivity contribution in [3.8, 4) is 5.75 Å². The molecule has 4 heteroatoms. The molecule has 0 heterocycles. The maximum Gasteiger partial charge on any atom is 0.261 e. The van der Waals surface area contributed by atoms with Gasteiger partial charge in [0.05, 0.1) is 6.04 Å². The van der Waals surface area contributed by atoms with Crippen LogP contribution in [-0.2, 0) is 4.79 Å². The average molecular weight is 360 g/mol. The monoisotopic (exact) mass is 359 g/mol. The van der Waals surface area contributed by atoms with Gasteiger partial charge in [0.2, 0.25) is 0 Å². The molecule has 25 heavy (non-hydrogen) atoms. The van der Waals surface area contributed by atoms with Crippen LogP contribution in [-0.4, -0.2) is 12.0 Å². The fraction of sp³-hybridized carbons (Fsp3) is 0.381. The van der Waals surface area contributed by atoms with Crippen LogP contribution in [0.4, 0.5) is 0 Å². The Hall–Kier alpha value is -2.00. The van der Waals surface area contributed by atoms with E-state index in [2.05, 4.69) is 31.3 Å². The molecule has 0 aromatic heterocycles. The normalized spacial score (nSPS) is 13.2. The number of aryl methyl sites for hydroxylation is 4. The third kappa shape index (κ3) is 4.76. The first kappa shape index (κ1) is 19.3. The highest BCUT2D eigenvalue weighted by molar-refractivity contribution is 6.32. The Morgan fingerprint density at radius 3 is 2.12 bits per heavy atom. The molecule has 0 saturated carbocycles. The lowest BCUT2D eigenvalue weighted by Gasteiger charge is -2.20. The first-order valence-electron chi connectivity index (χ1n) is 8.50. The van der Waals surface area contributed by atoms with Crippen LogP contribution in [0.25, 0.3) is 0 Å². The van der Waals surface area contributed by atoms with Crippen molar-refractivity contribution < 1.29 is 9.53 Å². The van der Waals surface area contributed by atoms with E-state index in [1.807, 2.05) is 39.0 Å². The minimum absolute atomic E-state index is 0.0773. The molecule has 3 nitrogen and oxygen atoms in total. The number of rotatable bonds is 5. The lowest BCUT2D eigenvalue weighted by molar-refractivity contribution is -0.127. The van der Waals surface area contributed by atoms with Gasteiger partial charge >= 0.3 is 0 Å². The van der Waals surface area contributed by atoms with Gasteiger partial charge in [0.15, 0.2) is 6.10 Å². The zero-order chi connectivity index (χ0) is 18.7. The summed E-state index contributed by atoms with van der Waals surface area (Å²) in [5.41, 5.74) is 5.42. The molecule has 0 radical (unpaired) electrons. The van der Waals surface area contributed by atoms with Crippen LogP contribution in [0, 0.1) is 27.7 Å². The van der Waals surface area contributed by atoms with Crippen molar-refractivity contribution in [1.29, 1.82) is 0 Å². The van der Waals surface area contributed by atoms with Crippen molar-refractivity contribution in [2.24, 2.45) is 0 Å².